The number of aromatic nitrogens is 4. The van der Waals surface area contributed by atoms with Gasteiger partial charge in [-0.25, -0.2) is 9.67 Å². The predicted octanol–water partition coefficient (Wildman–Crippen LogP) is 3.63. The first-order valence-corrected chi connectivity index (χ1v) is 7.39. The maximum absolute atomic E-state index is 10.8. The lowest BCUT2D eigenvalue weighted by Gasteiger charge is -2.01. The van der Waals surface area contributed by atoms with Crippen molar-refractivity contribution >= 4 is 16.9 Å². The molecule has 1 N–H and O–H groups in total. The van der Waals surface area contributed by atoms with E-state index < -0.39 is 4.92 Å². The standard InChI is InChI=1S/C17H13N5O2/c1-11-15-17(19-16(18-15)12-5-3-2-4-6-12)21(20-11)13-7-9-14(10-8-13)22(23)24/h2-10H,1H3,(H,18,19). The molecule has 0 saturated carbocycles. The second-order valence-corrected chi connectivity index (χ2v) is 5.42. The molecule has 0 amide bonds. The van der Waals surface area contributed by atoms with Gasteiger partial charge in [-0.05, 0) is 19.1 Å². The first-order valence-electron chi connectivity index (χ1n) is 7.39. The molecule has 7 heteroatoms. The lowest BCUT2D eigenvalue weighted by Crippen LogP contribution is -1.98. The summed E-state index contributed by atoms with van der Waals surface area (Å²) in [5.74, 6) is 0.766. The number of non-ortho nitro benzene ring substituents is 1. The molecule has 2 aromatic heterocycles. The number of hydrogen-bond donors (Lipinski definition) is 1. The zero-order chi connectivity index (χ0) is 16.7. The Bertz CT molecular complexity index is 1030. The van der Waals surface area contributed by atoms with E-state index in [0.717, 1.165) is 28.3 Å². The molecule has 24 heavy (non-hydrogen) atoms. The maximum atomic E-state index is 10.8. The lowest BCUT2D eigenvalue weighted by atomic mass is 10.2. The molecule has 0 aliphatic rings. The maximum Gasteiger partial charge on any atom is 0.269 e. The zero-order valence-corrected chi connectivity index (χ0v) is 12.8. The summed E-state index contributed by atoms with van der Waals surface area (Å²) >= 11 is 0. The van der Waals surface area contributed by atoms with E-state index in [-0.39, 0.29) is 5.69 Å². The third-order valence-corrected chi connectivity index (χ3v) is 3.85. The monoisotopic (exact) mass is 319 g/mol. The van der Waals surface area contributed by atoms with Gasteiger partial charge in [0, 0.05) is 17.7 Å². The number of aromatic amines is 1. The molecule has 0 fully saturated rings. The molecule has 7 nitrogen and oxygen atoms in total. The van der Waals surface area contributed by atoms with Crippen LogP contribution in [0.25, 0.3) is 28.2 Å². The Morgan fingerprint density at radius 3 is 2.46 bits per heavy atom. The highest BCUT2D eigenvalue weighted by Crippen LogP contribution is 2.25. The average Bonchev–Trinajstić information content (AvgIpc) is 3.17. The van der Waals surface area contributed by atoms with Crippen LogP contribution in [-0.2, 0) is 0 Å². The number of imidazole rings is 1. The van der Waals surface area contributed by atoms with Crippen LogP contribution in [0.4, 0.5) is 5.69 Å². The van der Waals surface area contributed by atoms with E-state index in [1.165, 1.54) is 12.1 Å². The van der Waals surface area contributed by atoms with Crippen molar-refractivity contribution in [1.29, 1.82) is 0 Å². The van der Waals surface area contributed by atoms with Gasteiger partial charge in [-0.1, -0.05) is 30.3 Å². The number of nitrogens with one attached hydrogen (secondary N) is 1. The number of rotatable bonds is 3. The summed E-state index contributed by atoms with van der Waals surface area (Å²) in [6.45, 7) is 1.90. The van der Waals surface area contributed by atoms with E-state index >= 15 is 0 Å². The van der Waals surface area contributed by atoms with Gasteiger partial charge < -0.3 is 4.98 Å². The van der Waals surface area contributed by atoms with Crippen molar-refractivity contribution in [2.45, 2.75) is 6.92 Å². The second-order valence-electron chi connectivity index (χ2n) is 5.42. The van der Waals surface area contributed by atoms with E-state index in [0.29, 0.717) is 5.65 Å². The minimum Gasteiger partial charge on any atom is -0.335 e. The molecule has 4 rings (SSSR count). The molecule has 4 aromatic rings. The summed E-state index contributed by atoms with van der Waals surface area (Å²) in [5, 5.41) is 15.3. The fraction of sp³-hybridized carbons (Fsp3) is 0.0588. The van der Waals surface area contributed by atoms with E-state index in [4.69, 9.17) is 0 Å². The molecule has 2 aromatic carbocycles. The Kier molecular flexibility index (Phi) is 3.13. The summed E-state index contributed by atoms with van der Waals surface area (Å²) in [5.41, 5.74) is 4.13. The molecule has 0 spiro atoms. The number of nitrogens with zero attached hydrogens (tertiary/aromatic N) is 4. The van der Waals surface area contributed by atoms with Crippen LogP contribution in [0.5, 0.6) is 0 Å². The molecule has 0 saturated heterocycles. The highest BCUT2D eigenvalue weighted by molar-refractivity contribution is 5.80. The van der Waals surface area contributed by atoms with E-state index in [1.54, 1.807) is 16.8 Å². The summed E-state index contributed by atoms with van der Waals surface area (Å²) in [6.07, 6.45) is 0. The van der Waals surface area contributed by atoms with E-state index in [9.17, 15) is 10.1 Å². The molecule has 0 bridgehead atoms. The molecule has 2 heterocycles. The van der Waals surface area contributed by atoms with Crippen LogP contribution >= 0.6 is 0 Å². The SMILES string of the molecule is Cc1nn(-c2ccc([N+](=O)[O-])cc2)c2nc(-c3ccccc3)[nH]c12. The number of benzene rings is 2. The van der Waals surface area contributed by atoms with Gasteiger partial charge in [0.2, 0.25) is 0 Å². The summed E-state index contributed by atoms with van der Waals surface area (Å²) < 4.78 is 1.69. The molecule has 0 aliphatic carbocycles. The number of fused-ring (bicyclic) bond motifs is 1. The molecule has 0 unspecified atom stereocenters. The Hall–Kier alpha value is -3.48. The van der Waals surface area contributed by atoms with Crippen LogP contribution in [0.15, 0.2) is 54.6 Å². The van der Waals surface area contributed by atoms with Gasteiger partial charge in [0.05, 0.1) is 16.3 Å². The van der Waals surface area contributed by atoms with Crippen LogP contribution < -0.4 is 0 Å². The molecule has 118 valence electrons. The average molecular weight is 319 g/mol. The number of H-pyrrole nitrogens is 1. The van der Waals surface area contributed by atoms with Crippen molar-refractivity contribution in [1.82, 2.24) is 19.7 Å². The van der Waals surface area contributed by atoms with Gasteiger partial charge in [0.15, 0.2) is 5.65 Å². The number of nitro benzene ring substituents is 1. The van der Waals surface area contributed by atoms with Crippen LogP contribution in [0.2, 0.25) is 0 Å². The van der Waals surface area contributed by atoms with Gasteiger partial charge in [-0.2, -0.15) is 5.10 Å². The molecule has 0 radical (unpaired) electrons. The first-order chi connectivity index (χ1) is 11.6. The van der Waals surface area contributed by atoms with Crippen LogP contribution in [0.3, 0.4) is 0 Å². The normalized spacial score (nSPS) is 11.0. The van der Waals surface area contributed by atoms with E-state index in [2.05, 4.69) is 15.1 Å². The molecule has 0 atom stereocenters. The molecule has 0 aliphatic heterocycles. The highest BCUT2D eigenvalue weighted by Gasteiger charge is 2.15. The summed E-state index contributed by atoms with van der Waals surface area (Å²) in [7, 11) is 0. The Balaban J connectivity index is 1.84. The summed E-state index contributed by atoms with van der Waals surface area (Å²) in [6, 6.07) is 16.1. The number of nitro groups is 1. The number of aryl methyl sites for hydroxylation is 1. The van der Waals surface area contributed by atoms with Crippen molar-refractivity contribution in [3.05, 3.63) is 70.4 Å². The van der Waals surface area contributed by atoms with Gasteiger partial charge in [0.1, 0.15) is 11.3 Å². The highest BCUT2D eigenvalue weighted by atomic mass is 16.6. The Morgan fingerprint density at radius 2 is 1.79 bits per heavy atom. The fourth-order valence-electron chi connectivity index (χ4n) is 2.65. The summed E-state index contributed by atoms with van der Waals surface area (Å²) in [4.78, 5) is 18.3. The van der Waals surface area contributed by atoms with Crippen LogP contribution in [-0.4, -0.2) is 24.7 Å². The lowest BCUT2D eigenvalue weighted by molar-refractivity contribution is -0.384. The van der Waals surface area contributed by atoms with Crippen molar-refractivity contribution in [3.8, 4) is 17.1 Å². The van der Waals surface area contributed by atoms with Gasteiger partial charge in [-0.3, -0.25) is 10.1 Å². The largest absolute Gasteiger partial charge is 0.335 e. The van der Waals surface area contributed by atoms with Gasteiger partial charge in [-0.15, -0.1) is 0 Å². The van der Waals surface area contributed by atoms with Crippen LogP contribution in [0.1, 0.15) is 5.69 Å². The van der Waals surface area contributed by atoms with Crippen LogP contribution in [0, 0.1) is 17.0 Å². The Morgan fingerprint density at radius 1 is 1.08 bits per heavy atom. The van der Waals surface area contributed by atoms with Crippen molar-refractivity contribution < 1.29 is 4.92 Å². The minimum absolute atomic E-state index is 0.0471. The minimum atomic E-state index is -0.421. The quantitative estimate of drug-likeness (QED) is 0.461. The third kappa shape index (κ3) is 2.23. The van der Waals surface area contributed by atoms with Crippen molar-refractivity contribution in [2.75, 3.05) is 0 Å². The van der Waals surface area contributed by atoms with Gasteiger partial charge in [0.25, 0.3) is 5.69 Å². The third-order valence-electron chi connectivity index (χ3n) is 3.85. The molecular formula is C17H13N5O2. The Labute approximate surface area is 136 Å². The smallest absolute Gasteiger partial charge is 0.269 e. The number of hydrogen-bond acceptors (Lipinski definition) is 4. The van der Waals surface area contributed by atoms with Gasteiger partial charge >= 0.3 is 0 Å². The topological polar surface area (TPSA) is 89.6 Å². The first kappa shape index (κ1) is 14.1. The van der Waals surface area contributed by atoms with Crippen molar-refractivity contribution in [2.24, 2.45) is 0 Å². The zero-order valence-electron chi connectivity index (χ0n) is 12.8. The van der Waals surface area contributed by atoms with E-state index in [1.807, 2.05) is 37.3 Å². The fourth-order valence-corrected chi connectivity index (χ4v) is 2.65. The molecular weight excluding hydrogens is 306 g/mol. The van der Waals surface area contributed by atoms with Crippen molar-refractivity contribution in [3.63, 3.8) is 0 Å². The predicted molar refractivity (Wildman–Crippen MR) is 90.0 cm³/mol. The second kappa shape index (κ2) is 5.31.